The molecule has 2 N–H and O–H groups in total. The lowest BCUT2D eigenvalue weighted by Crippen LogP contribution is -2.03. The maximum atomic E-state index is 6.32. The fourth-order valence-electron chi connectivity index (χ4n) is 2.49. The van der Waals surface area contributed by atoms with Crippen molar-refractivity contribution in [1.29, 1.82) is 0 Å². The molecule has 0 radical (unpaired) electrons. The molecule has 0 saturated heterocycles. The number of hydrogen-bond acceptors (Lipinski definition) is 2. The van der Waals surface area contributed by atoms with Gasteiger partial charge in [-0.3, -0.25) is 0 Å². The van der Waals surface area contributed by atoms with Gasteiger partial charge in [0.15, 0.2) is 0 Å². The molecule has 0 aliphatic rings. The number of anilines is 1. The SMILES string of the molecule is CC(C)n1c(-c2ccccc2Cl)nc2c(N)cccc21. The molecule has 102 valence electrons. The van der Waals surface area contributed by atoms with E-state index in [2.05, 4.69) is 18.4 Å². The Labute approximate surface area is 123 Å². The van der Waals surface area contributed by atoms with E-state index in [1.165, 1.54) is 0 Å². The Kier molecular flexibility index (Phi) is 3.14. The van der Waals surface area contributed by atoms with Crippen molar-refractivity contribution in [2.45, 2.75) is 19.9 Å². The molecule has 0 unspecified atom stereocenters. The smallest absolute Gasteiger partial charge is 0.142 e. The molecule has 3 rings (SSSR count). The number of nitrogens with two attached hydrogens (primary N) is 1. The largest absolute Gasteiger partial charge is 0.397 e. The van der Waals surface area contributed by atoms with Gasteiger partial charge in [0.1, 0.15) is 11.3 Å². The summed E-state index contributed by atoms with van der Waals surface area (Å²) >= 11 is 6.32. The molecule has 0 spiro atoms. The summed E-state index contributed by atoms with van der Waals surface area (Å²) in [5.74, 6) is 0.860. The van der Waals surface area contributed by atoms with Crippen LogP contribution in [0.15, 0.2) is 42.5 Å². The normalized spacial score (nSPS) is 11.4. The molecular formula is C16H16ClN3. The van der Waals surface area contributed by atoms with Gasteiger partial charge in [0.05, 0.1) is 16.2 Å². The van der Waals surface area contributed by atoms with Crippen LogP contribution in [0.25, 0.3) is 22.4 Å². The van der Waals surface area contributed by atoms with Crippen molar-refractivity contribution >= 4 is 28.3 Å². The van der Waals surface area contributed by atoms with Crippen LogP contribution < -0.4 is 5.73 Å². The second kappa shape index (κ2) is 4.84. The van der Waals surface area contributed by atoms with E-state index in [4.69, 9.17) is 22.3 Å². The van der Waals surface area contributed by atoms with Crippen LogP contribution in [0.2, 0.25) is 5.02 Å². The Hall–Kier alpha value is -2.00. The van der Waals surface area contributed by atoms with Gasteiger partial charge in [-0.05, 0) is 38.1 Å². The average Bonchev–Trinajstić information content (AvgIpc) is 2.80. The number of nitrogens with zero attached hydrogens (tertiary/aromatic N) is 2. The van der Waals surface area contributed by atoms with Gasteiger partial charge in [-0.25, -0.2) is 4.98 Å². The Bertz CT molecular complexity index is 774. The van der Waals surface area contributed by atoms with Crippen molar-refractivity contribution in [3.8, 4) is 11.4 Å². The van der Waals surface area contributed by atoms with Crippen LogP contribution in [-0.2, 0) is 0 Å². The maximum absolute atomic E-state index is 6.32. The lowest BCUT2D eigenvalue weighted by Gasteiger charge is -2.13. The number of benzene rings is 2. The Morgan fingerprint density at radius 2 is 1.85 bits per heavy atom. The number of nitrogen functional groups attached to an aromatic ring is 1. The Morgan fingerprint density at radius 1 is 1.10 bits per heavy atom. The number of hydrogen-bond donors (Lipinski definition) is 1. The summed E-state index contributed by atoms with van der Waals surface area (Å²) in [7, 11) is 0. The number of halogens is 1. The molecule has 2 aromatic carbocycles. The van der Waals surface area contributed by atoms with Crippen LogP contribution in [0, 0.1) is 0 Å². The van der Waals surface area contributed by atoms with E-state index in [1.807, 2.05) is 42.5 Å². The summed E-state index contributed by atoms with van der Waals surface area (Å²) in [4.78, 5) is 4.72. The maximum Gasteiger partial charge on any atom is 0.142 e. The van der Waals surface area contributed by atoms with Crippen LogP contribution >= 0.6 is 11.6 Å². The first-order chi connectivity index (χ1) is 9.59. The summed E-state index contributed by atoms with van der Waals surface area (Å²) in [5.41, 5.74) is 9.53. The minimum atomic E-state index is 0.271. The molecule has 3 aromatic rings. The van der Waals surface area contributed by atoms with Crippen molar-refractivity contribution in [1.82, 2.24) is 9.55 Å². The molecule has 0 saturated carbocycles. The van der Waals surface area contributed by atoms with Gasteiger partial charge in [0.25, 0.3) is 0 Å². The van der Waals surface area contributed by atoms with E-state index in [0.29, 0.717) is 10.7 Å². The van der Waals surface area contributed by atoms with Gasteiger partial charge in [-0.15, -0.1) is 0 Å². The molecule has 20 heavy (non-hydrogen) atoms. The van der Waals surface area contributed by atoms with E-state index >= 15 is 0 Å². The molecule has 0 atom stereocenters. The number of rotatable bonds is 2. The fourth-order valence-corrected chi connectivity index (χ4v) is 2.71. The third-order valence-electron chi connectivity index (χ3n) is 3.38. The number of fused-ring (bicyclic) bond motifs is 1. The second-order valence-corrected chi connectivity index (χ2v) is 5.50. The highest BCUT2D eigenvalue weighted by Gasteiger charge is 2.17. The van der Waals surface area contributed by atoms with E-state index in [9.17, 15) is 0 Å². The first-order valence-corrected chi connectivity index (χ1v) is 6.98. The highest BCUT2D eigenvalue weighted by atomic mass is 35.5. The first kappa shape index (κ1) is 13.0. The molecule has 4 heteroatoms. The molecule has 0 bridgehead atoms. The zero-order valence-corrected chi connectivity index (χ0v) is 12.2. The standard InChI is InChI=1S/C16H16ClN3/c1-10(2)20-14-9-5-8-13(18)15(14)19-16(20)11-6-3-4-7-12(11)17/h3-10H,18H2,1-2H3. The highest BCUT2D eigenvalue weighted by Crippen LogP contribution is 2.33. The number of imidazole rings is 1. The predicted octanol–water partition coefficient (Wildman–Crippen LogP) is 4.52. The Morgan fingerprint density at radius 3 is 2.55 bits per heavy atom. The second-order valence-electron chi connectivity index (χ2n) is 5.09. The minimum Gasteiger partial charge on any atom is -0.397 e. The van der Waals surface area contributed by atoms with Gasteiger partial charge >= 0.3 is 0 Å². The van der Waals surface area contributed by atoms with Gasteiger partial charge in [-0.2, -0.15) is 0 Å². The first-order valence-electron chi connectivity index (χ1n) is 6.61. The monoisotopic (exact) mass is 285 g/mol. The molecule has 0 fully saturated rings. The molecule has 1 aromatic heterocycles. The summed E-state index contributed by atoms with van der Waals surface area (Å²) in [6.07, 6.45) is 0. The van der Waals surface area contributed by atoms with Gasteiger partial charge in [-0.1, -0.05) is 29.8 Å². The zero-order valence-electron chi connectivity index (χ0n) is 11.5. The lowest BCUT2D eigenvalue weighted by atomic mass is 10.2. The molecule has 0 aliphatic heterocycles. The van der Waals surface area contributed by atoms with Gasteiger partial charge in [0, 0.05) is 11.6 Å². The average molecular weight is 286 g/mol. The third-order valence-corrected chi connectivity index (χ3v) is 3.71. The molecular weight excluding hydrogens is 270 g/mol. The summed E-state index contributed by atoms with van der Waals surface area (Å²) in [6.45, 7) is 4.26. The lowest BCUT2D eigenvalue weighted by molar-refractivity contribution is 0.624. The summed E-state index contributed by atoms with van der Waals surface area (Å²) in [6, 6.07) is 13.9. The van der Waals surface area contributed by atoms with Crippen molar-refractivity contribution in [2.24, 2.45) is 0 Å². The number of para-hydroxylation sites is 1. The molecule has 0 amide bonds. The summed E-state index contributed by atoms with van der Waals surface area (Å²) < 4.78 is 2.17. The number of aromatic nitrogens is 2. The zero-order chi connectivity index (χ0) is 14.3. The van der Waals surface area contributed by atoms with Gasteiger partial charge in [0.2, 0.25) is 0 Å². The van der Waals surface area contributed by atoms with Gasteiger partial charge < -0.3 is 10.3 Å². The van der Waals surface area contributed by atoms with E-state index in [0.717, 1.165) is 22.4 Å². The van der Waals surface area contributed by atoms with Crippen LogP contribution in [0.3, 0.4) is 0 Å². The van der Waals surface area contributed by atoms with E-state index in [1.54, 1.807) is 0 Å². The van der Waals surface area contributed by atoms with Crippen molar-refractivity contribution in [3.05, 3.63) is 47.5 Å². The van der Waals surface area contributed by atoms with Crippen LogP contribution in [0.1, 0.15) is 19.9 Å². The molecule has 3 nitrogen and oxygen atoms in total. The van der Waals surface area contributed by atoms with Crippen LogP contribution in [0.5, 0.6) is 0 Å². The molecule has 0 aliphatic carbocycles. The van der Waals surface area contributed by atoms with E-state index < -0.39 is 0 Å². The summed E-state index contributed by atoms with van der Waals surface area (Å²) in [5, 5.41) is 0.697. The van der Waals surface area contributed by atoms with Crippen molar-refractivity contribution in [3.63, 3.8) is 0 Å². The van der Waals surface area contributed by atoms with Crippen LogP contribution in [-0.4, -0.2) is 9.55 Å². The van der Waals surface area contributed by atoms with Crippen LogP contribution in [0.4, 0.5) is 5.69 Å². The quantitative estimate of drug-likeness (QED) is 0.704. The third kappa shape index (κ3) is 1.95. The highest BCUT2D eigenvalue weighted by molar-refractivity contribution is 6.33. The van der Waals surface area contributed by atoms with Crippen molar-refractivity contribution in [2.75, 3.05) is 5.73 Å². The van der Waals surface area contributed by atoms with Crippen molar-refractivity contribution < 1.29 is 0 Å². The molecule has 1 heterocycles. The Balaban J connectivity index is 2.39. The predicted molar refractivity (Wildman–Crippen MR) is 85.0 cm³/mol. The topological polar surface area (TPSA) is 43.8 Å². The minimum absolute atomic E-state index is 0.271. The fraction of sp³-hybridized carbons (Fsp3) is 0.188. The van der Waals surface area contributed by atoms with E-state index in [-0.39, 0.29) is 6.04 Å².